The number of hydrogen-bond donors (Lipinski definition) is 9. The lowest BCUT2D eigenvalue weighted by atomic mass is 10.1. The van der Waals surface area contributed by atoms with Crippen LogP contribution in [0.5, 0.6) is 5.75 Å². The molecule has 4 amide bonds. The number of carbonyl (C=O) groups excluding carboxylic acids is 5. The number of amides is 4. The average molecular weight is 835 g/mol. The summed E-state index contributed by atoms with van der Waals surface area (Å²) < 4.78 is 5.63. The van der Waals surface area contributed by atoms with Crippen LogP contribution in [0.3, 0.4) is 0 Å². The highest BCUT2D eigenvalue weighted by Crippen LogP contribution is 2.15. The van der Waals surface area contributed by atoms with Crippen LogP contribution < -0.4 is 31.7 Å². The Morgan fingerprint density at radius 2 is 0.966 bits per heavy atom. The van der Waals surface area contributed by atoms with E-state index < -0.39 is 90.9 Å². The second-order valence-corrected chi connectivity index (χ2v) is 14.2. The summed E-state index contributed by atoms with van der Waals surface area (Å²) in [6.07, 6.45) is 9.49. The average Bonchev–Trinajstić information content (AvgIpc) is 3.19. The quantitative estimate of drug-likeness (QED) is 0.0444. The molecule has 19 nitrogen and oxygen atoms in total. The molecule has 0 spiro atoms. The highest BCUT2D eigenvalue weighted by Gasteiger charge is 2.26. The fraction of sp³-hybridized carbons (Fsp3) is 0.625. The van der Waals surface area contributed by atoms with Gasteiger partial charge in [-0.2, -0.15) is 0 Å². The molecule has 1 aromatic rings. The third kappa shape index (κ3) is 25.4. The first kappa shape index (κ1) is 51.4. The summed E-state index contributed by atoms with van der Waals surface area (Å²) in [5, 5.41) is 47.0. The minimum absolute atomic E-state index is 0.105. The van der Waals surface area contributed by atoms with Crippen molar-refractivity contribution in [2.24, 2.45) is 5.73 Å². The Balaban J connectivity index is 2.27. The third-order valence-electron chi connectivity index (χ3n) is 9.21. The van der Waals surface area contributed by atoms with Crippen molar-refractivity contribution in [1.82, 2.24) is 21.3 Å². The molecule has 0 aromatic heterocycles. The third-order valence-corrected chi connectivity index (χ3v) is 9.21. The van der Waals surface area contributed by atoms with Crippen molar-refractivity contribution in [1.29, 1.82) is 0 Å². The highest BCUT2D eigenvalue weighted by molar-refractivity contribution is 5.88. The number of rotatable bonds is 35. The largest absolute Gasteiger partial charge is 0.494 e. The Kier molecular flexibility index (Phi) is 26.6. The van der Waals surface area contributed by atoms with E-state index in [-0.39, 0.29) is 37.8 Å². The molecule has 0 saturated heterocycles. The first-order chi connectivity index (χ1) is 28.1. The van der Waals surface area contributed by atoms with Gasteiger partial charge in [-0.3, -0.25) is 24.0 Å². The monoisotopic (exact) mass is 834 g/mol. The van der Waals surface area contributed by atoms with E-state index >= 15 is 0 Å². The van der Waals surface area contributed by atoms with Crippen LogP contribution in [0, 0.1) is 0 Å². The maximum Gasteiger partial charge on any atom is 0.335 e. The summed E-state index contributed by atoms with van der Waals surface area (Å²) >= 11 is 0. The Hall–Kier alpha value is -5.59. The molecule has 0 saturated carbocycles. The number of aromatic carboxylic acids is 1. The van der Waals surface area contributed by atoms with Crippen molar-refractivity contribution < 1.29 is 68.3 Å². The minimum atomic E-state index is -1.54. The summed E-state index contributed by atoms with van der Waals surface area (Å²) in [5.41, 5.74) is 5.65. The van der Waals surface area contributed by atoms with Crippen molar-refractivity contribution in [2.45, 2.75) is 146 Å². The molecule has 0 aliphatic heterocycles. The number of carboxylic acids is 4. The molecular weight excluding hydrogens is 774 g/mol. The van der Waals surface area contributed by atoms with Crippen LogP contribution in [0.15, 0.2) is 24.3 Å². The first-order valence-electron chi connectivity index (χ1n) is 20.1. The van der Waals surface area contributed by atoms with Crippen LogP contribution >= 0.6 is 0 Å². The van der Waals surface area contributed by atoms with Gasteiger partial charge in [0.15, 0.2) is 0 Å². The Bertz CT molecular complexity index is 1510. The zero-order chi connectivity index (χ0) is 44.0. The summed E-state index contributed by atoms with van der Waals surface area (Å²) in [6.45, 7) is 0.831. The van der Waals surface area contributed by atoms with Crippen molar-refractivity contribution in [3.05, 3.63) is 29.8 Å². The second kappa shape index (κ2) is 30.5. The highest BCUT2D eigenvalue weighted by atomic mass is 16.5. The second-order valence-electron chi connectivity index (χ2n) is 14.2. The molecule has 59 heavy (non-hydrogen) atoms. The molecule has 0 aliphatic rings. The lowest BCUT2D eigenvalue weighted by Gasteiger charge is -2.18. The van der Waals surface area contributed by atoms with Crippen LogP contribution in [0.2, 0.25) is 0 Å². The summed E-state index contributed by atoms with van der Waals surface area (Å²) in [7, 11) is 0. The number of nitrogens with one attached hydrogen (secondary N) is 4. The van der Waals surface area contributed by atoms with Crippen molar-refractivity contribution >= 4 is 53.8 Å². The van der Waals surface area contributed by atoms with E-state index in [1.807, 2.05) is 0 Å². The van der Waals surface area contributed by atoms with Crippen molar-refractivity contribution in [2.75, 3.05) is 13.2 Å². The number of ether oxygens (including phenoxy) is 1. The molecule has 10 N–H and O–H groups in total. The van der Waals surface area contributed by atoms with Crippen LogP contribution in [-0.4, -0.2) is 112 Å². The maximum atomic E-state index is 12.5. The molecule has 0 fully saturated rings. The van der Waals surface area contributed by atoms with Crippen LogP contribution in [0.4, 0.5) is 0 Å². The number of benzene rings is 1. The van der Waals surface area contributed by atoms with E-state index in [1.165, 1.54) is 12.1 Å². The molecule has 0 aliphatic carbocycles. The summed E-state index contributed by atoms with van der Waals surface area (Å²) in [5.74, 6) is -7.18. The molecule has 19 heteroatoms. The van der Waals surface area contributed by atoms with E-state index in [2.05, 4.69) is 21.3 Å². The smallest absolute Gasteiger partial charge is 0.335 e. The number of aliphatic carboxylic acids is 3. The van der Waals surface area contributed by atoms with Gasteiger partial charge in [0, 0.05) is 32.2 Å². The molecule has 0 heterocycles. The fourth-order valence-electron chi connectivity index (χ4n) is 5.77. The predicted octanol–water partition coefficient (Wildman–Crippen LogP) is 2.44. The Morgan fingerprint density at radius 3 is 1.41 bits per heavy atom. The van der Waals surface area contributed by atoms with Gasteiger partial charge in [0.2, 0.25) is 29.9 Å². The standard InChI is InChI=1S/C40H60N5O14/c41-28(26-46)12-9-10-24-42-33(47)21-18-30(38(53)54)44-35(49)23-20-32(40(57)58)45-36(50)22-19-31(39(55)56)43-34(48)13-8-6-4-2-1-3-5-7-11-25-59-29-16-14-27(15-17-29)37(51)52/h14-17,28,30-32H,1-13,18-25,41H2,(H,42,47)(H,43,48)(H,44,49)(H,45,50)(H,51,52)(H,53,54)(H,55,56)(H,57,58)/t28-,30-,31-,32-/m0/s1. The zero-order valence-electron chi connectivity index (χ0n) is 33.4. The lowest BCUT2D eigenvalue weighted by molar-refractivity contribution is -0.144. The van der Waals surface area contributed by atoms with Gasteiger partial charge in [-0.05, 0) is 75.6 Å². The van der Waals surface area contributed by atoms with Crippen LogP contribution in [0.1, 0.15) is 132 Å². The SMILES string of the molecule is N[C@H]([C]=O)CCCCNC(=O)CC[C@H](NC(=O)CC[C@H](NC(=O)CC[C@H](NC(=O)CCCCCCCCCCCOc1ccc(C(=O)O)cc1)C(=O)O)C(=O)O)C(=O)O. The van der Waals surface area contributed by atoms with E-state index in [0.29, 0.717) is 38.0 Å². The minimum Gasteiger partial charge on any atom is -0.494 e. The van der Waals surface area contributed by atoms with Gasteiger partial charge >= 0.3 is 23.9 Å². The zero-order valence-corrected chi connectivity index (χ0v) is 33.4. The van der Waals surface area contributed by atoms with E-state index in [1.54, 1.807) is 18.4 Å². The molecular formula is C40H60N5O14. The number of carboxylic acid groups (broad SMARTS) is 4. The number of unbranched alkanes of at least 4 members (excludes halogenated alkanes) is 9. The maximum absolute atomic E-state index is 12.5. The normalized spacial score (nSPS) is 12.8. The van der Waals surface area contributed by atoms with Gasteiger partial charge in [0.05, 0.1) is 18.2 Å². The van der Waals surface area contributed by atoms with Gasteiger partial charge in [0.1, 0.15) is 23.9 Å². The number of carbonyl (C=O) groups is 8. The van der Waals surface area contributed by atoms with Gasteiger partial charge in [0.25, 0.3) is 0 Å². The lowest BCUT2D eigenvalue weighted by Crippen LogP contribution is -2.45. The van der Waals surface area contributed by atoms with Crippen LogP contribution in [-0.2, 0) is 38.4 Å². The summed E-state index contributed by atoms with van der Waals surface area (Å²) in [6, 6.07) is 1.22. The molecule has 1 aromatic carbocycles. The molecule has 4 atom stereocenters. The van der Waals surface area contributed by atoms with Gasteiger partial charge in [-0.1, -0.05) is 44.9 Å². The number of nitrogens with two attached hydrogens (primary N) is 1. The first-order valence-corrected chi connectivity index (χ1v) is 20.1. The summed E-state index contributed by atoms with van der Waals surface area (Å²) in [4.78, 5) is 106. The van der Waals surface area contributed by atoms with Crippen molar-refractivity contribution in [3.63, 3.8) is 0 Å². The van der Waals surface area contributed by atoms with Gasteiger partial charge < -0.3 is 52.2 Å². The van der Waals surface area contributed by atoms with E-state index in [4.69, 9.17) is 15.6 Å². The molecule has 1 rings (SSSR count). The Labute approximate surface area is 343 Å². The van der Waals surface area contributed by atoms with Crippen LogP contribution in [0.25, 0.3) is 0 Å². The topological polar surface area (TPSA) is 318 Å². The van der Waals surface area contributed by atoms with Crippen molar-refractivity contribution in [3.8, 4) is 5.75 Å². The molecule has 0 unspecified atom stereocenters. The molecule has 1 radical (unpaired) electrons. The van der Waals surface area contributed by atoms with E-state index in [0.717, 1.165) is 51.4 Å². The predicted molar refractivity (Wildman–Crippen MR) is 212 cm³/mol. The Morgan fingerprint density at radius 1 is 0.542 bits per heavy atom. The van der Waals surface area contributed by atoms with Gasteiger partial charge in [-0.25, -0.2) is 19.2 Å². The molecule has 329 valence electrons. The van der Waals surface area contributed by atoms with E-state index in [9.17, 15) is 58.5 Å². The number of hydrogen-bond acceptors (Lipinski definition) is 11. The fourth-order valence-corrected chi connectivity index (χ4v) is 5.77. The van der Waals surface area contributed by atoms with Gasteiger partial charge in [-0.15, -0.1) is 0 Å². The molecule has 0 bridgehead atoms.